The summed E-state index contributed by atoms with van der Waals surface area (Å²) >= 11 is 0. The molecule has 3 aromatic carbocycles. The molecule has 0 saturated carbocycles. The van der Waals surface area contributed by atoms with Crippen molar-refractivity contribution in [1.82, 2.24) is 4.98 Å². The average molecular weight is 493 g/mol. The molecule has 184 valence electrons. The van der Waals surface area contributed by atoms with E-state index in [9.17, 15) is 14.9 Å². The average Bonchev–Trinajstić information content (AvgIpc) is 2.92. The van der Waals surface area contributed by atoms with Gasteiger partial charge in [-0.15, -0.1) is 0 Å². The number of carbonyl (C=O) groups excluding carboxylic acids is 2. The SMILES string of the molecule is COc1cc(/C=C(\C#N)C(=O)Nc2cccc3ncccc23)ccc1OCC(=O)Nc1ccc(C)cc1. The molecule has 0 unspecified atom stereocenters. The summed E-state index contributed by atoms with van der Waals surface area (Å²) in [5, 5.41) is 15.9. The van der Waals surface area contributed by atoms with Crippen molar-refractivity contribution in [2.45, 2.75) is 6.92 Å². The summed E-state index contributed by atoms with van der Waals surface area (Å²) in [7, 11) is 1.47. The number of nitrogens with one attached hydrogen (secondary N) is 2. The van der Waals surface area contributed by atoms with Crippen LogP contribution in [0.3, 0.4) is 0 Å². The topological polar surface area (TPSA) is 113 Å². The van der Waals surface area contributed by atoms with Crippen LogP contribution < -0.4 is 20.1 Å². The zero-order valence-electron chi connectivity index (χ0n) is 20.3. The Morgan fingerprint density at radius 3 is 2.57 bits per heavy atom. The van der Waals surface area contributed by atoms with E-state index in [1.54, 1.807) is 42.6 Å². The Bertz CT molecular complexity index is 1520. The fourth-order valence-corrected chi connectivity index (χ4v) is 3.59. The Balaban J connectivity index is 1.45. The highest BCUT2D eigenvalue weighted by atomic mass is 16.5. The van der Waals surface area contributed by atoms with Crippen LogP contribution in [-0.4, -0.2) is 30.5 Å². The van der Waals surface area contributed by atoms with Crippen molar-refractivity contribution in [3.63, 3.8) is 0 Å². The van der Waals surface area contributed by atoms with Crippen molar-refractivity contribution in [2.75, 3.05) is 24.4 Å². The predicted octanol–water partition coefficient (Wildman–Crippen LogP) is 5.12. The van der Waals surface area contributed by atoms with Crippen LogP contribution in [0.15, 0.2) is 84.6 Å². The van der Waals surface area contributed by atoms with E-state index in [1.165, 1.54) is 13.2 Å². The van der Waals surface area contributed by atoms with Gasteiger partial charge in [0.15, 0.2) is 18.1 Å². The van der Waals surface area contributed by atoms with Crippen molar-refractivity contribution in [1.29, 1.82) is 5.26 Å². The van der Waals surface area contributed by atoms with E-state index in [2.05, 4.69) is 15.6 Å². The first-order chi connectivity index (χ1) is 18.0. The number of ether oxygens (including phenoxy) is 2. The first-order valence-corrected chi connectivity index (χ1v) is 11.4. The molecule has 0 aliphatic heterocycles. The second kappa shape index (κ2) is 11.5. The van der Waals surface area contributed by atoms with Crippen molar-refractivity contribution in [3.05, 3.63) is 95.7 Å². The maximum absolute atomic E-state index is 12.8. The number of aryl methyl sites for hydroxylation is 1. The number of nitriles is 1. The molecule has 0 atom stereocenters. The van der Waals surface area contributed by atoms with Gasteiger partial charge in [-0.25, -0.2) is 0 Å². The molecule has 8 heteroatoms. The second-order valence-electron chi connectivity index (χ2n) is 8.11. The standard InChI is InChI=1S/C29H24N4O4/c1-19-8-11-22(12-9-19)32-28(34)18-37-26-13-10-20(16-27(26)36-2)15-21(17-30)29(35)33-25-7-3-6-24-23(25)5-4-14-31-24/h3-16H,18H2,1-2H3,(H,32,34)(H,33,35)/b21-15+. The van der Waals surface area contributed by atoms with Crippen LogP contribution in [0.4, 0.5) is 11.4 Å². The number of amides is 2. The van der Waals surface area contributed by atoms with Gasteiger partial charge in [0, 0.05) is 17.3 Å². The summed E-state index contributed by atoms with van der Waals surface area (Å²) in [6.45, 7) is 1.75. The highest BCUT2D eigenvalue weighted by Crippen LogP contribution is 2.29. The highest BCUT2D eigenvalue weighted by Gasteiger charge is 2.13. The highest BCUT2D eigenvalue weighted by molar-refractivity contribution is 6.12. The van der Waals surface area contributed by atoms with Crippen molar-refractivity contribution in [3.8, 4) is 17.6 Å². The van der Waals surface area contributed by atoms with Gasteiger partial charge in [-0.1, -0.05) is 29.8 Å². The summed E-state index contributed by atoms with van der Waals surface area (Å²) in [4.78, 5) is 29.4. The van der Waals surface area contributed by atoms with Crippen LogP contribution in [0.5, 0.6) is 11.5 Å². The Labute approximate surface area is 214 Å². The predicted molar refractivity (Wildman–Crippen MR) is 142 cm³/mol. The number of aromatic nitrogens is 1. The number of rotatable bonds is 8. The number of hydrogen-bond acceptors (Lipinski definition) is 6. The molecule has 0 saturated heterocycles. The van der Waals surface area contributed by atoms with E-state index >= 15 is 0 Å². The van der Waals surface area contributed by atoms with Gasteiger partial charge in [-0.2, -0.15) is 5.26 Å². The summed E-state index contributed by atoms with van der Waals surface area (Å²) in [6, 6.07) is 23.3. The molecule has 0 aliphatic carbocycles. The third kappa shape index (κ3) is 6.29. The third-order valence-corrected chi connectivity index (χ3v) is 5.45. The third-order valence-electron chi connectivity index (χ3n) is 5.45. The normalized spacial score (nSPS) is 10.9. The van der Waals surface area contributed by atoms with Gasteiger partial charge in [0.05, 0.1) is 18.3 Å². The number of methoxy groups -OCH3 is 1. The largest absolute Gasteiger partial charge is 0.493 e. The number of hydrogen-bond donors (Lipinski definition) is 2. The lowest BCUT2D eigenvalue weighted by Gasteiger charge is -2.12. The van der Waals surface area contributed by atoms with Gasteiger partial charge in [0.1, 0.15) is 11.6 Å². The van der Waals surface area contributed by atoms with Gasteiger partial charge in [-0.05, 0) is 67.1 Å². The summed E-state index contributed by atoms with van der Waals surface area (Å²) in [5.41, 5.74) is 3.52. The van der Waals surface area contributed by atoms with Crippen LogP contribution in [-0.2, 0) is 9.59 Å². The molecular formula is C29H24N4O4. The molecule has 2 N–H and O–H groups in total. The smallest absolute Gasteiger partial charge is 0.266 e. The lowest BCUT2D eigenvalue weighted by atomic mass is 10.1. The monoisotopic (exact) mass is 492 g/mol. The van der Waals surface area contributed by atoms with Crippen LogP contribution in [0, 0.1) is 18.3 Å². The van der Waals surface area contributed by atoms with Gasteiger partial charge >= 0.3 is 0 Å². The summed E-state index contributed by atoms with van der Waals surface area (Å²) in [6.07, 6.45) is 3.13. The molecule has 4 rings (SSSR count). The molecule has 0 fully saturated rings. The Morgan fingerprint density at radius 1 is 1.00 bits per heavy atom. The zero-order valence-corrected chi connectivity index (χ0v) is 20.3. The molecule has 4 aromatic rings. The molecule has 2 amide bonds. The van der Waals surface area contributed by atoms with E-state index in [0.717, 1.165) is 16.5 Å². The van der Waals surface area contributed by atoms with Crippen molar-refractivity contribution >= 4 is 40.2 Å². The molecule has 0 radical (unpaired) electrons. The maximum Gasteiger partial charge on any atom is 0.266 e. The second-order valence-corrected chi connectivity index (χ2v) is 8.11. The van der Waals surface area contributed by atoms with Gasteiger partial charge < -0.3 is 20.1 Å². The van der Waals surface area contributed by atoms with E-state index in [-0.39, 0.29) is 18.1 Å². The maximum atomic E-state index is 12.8. The van der Waals surface area contributed by atoms with Crippen LogP contribution in [0.1, 0.15) is 11.1 Å². The van der Waals surface area contributed by atoms with E-state index in [0.29, 0.717) is 28.4 Å². The first-order valence-electron chi connectivity index (χ1n) is 11.4. The molecular weight excluding hydrogens is 468 g/mol. The van der Waals surface area contributed by atoms with E-state index < -0.39 is 5.91 Å². The molecule has 0 aliphatic rings. The Hall–Kier alpha value is -5.16. The van der Waals surface area contributed by atoms with Gasteiger partial charge in [-0.3, -0.25) is 14.6 Å². The Morgan fingerprint density at radius 2 is 1.81 bits per heavy atom. The summed E-state index contributed by atoms with van der Waals surface area (Å²) in [5.74, 6) is -0.160. The van der Waals surface area contributed by atoms with E-state index in [1.807, 2.05) is 49.4 Å². The minimum absolute atomic E-state index is 0.0888. The van der Waals surface area contributed by atoms with Crippen LogP contribution >= 0.6 is 0 Å². The Kier molecular flexibility index (Phi) is 7.76. The summed E-state index contributed by atoms with van der Waals surface area (Å²) < 4.78 is 11.0. The number of nitrogens with zero attached hydrogens (tertiary/aromatic N) is 2. The van der Waals surface area contributed by atoms with Crippen LogP contribution in [0.25, 0.3) is 17.0 Å². The molecule has 1 aromatic heterocycles. The van der Waals surface area contributed by atoms with Crippen molar-refractivity contribution < 1.29 is 19.1 Å². The molecule has 0 spiro atoms. The van der Waals surface area contributed by atoms with Crippen molar-refractivity contribution in [2.24, 2.45) is 0 Å². The lowest BCUT2D eigenvalue weighted by Crippen LogP contribution is -2.20. The molecule has 8 nitrogen and oxygen atoms in total. The van der Waals surface area contributed by atoms with Crippen LogP contribution in [0.2, 0.25) is 0 Å². The van der Waals surface area contributed by atoms with Gasteiger partial charge in [0.2, 0.25) is 0 Å². The zero-order chi connectivity index (χ0) is 26.2. The molecule has 1 heterocycles. The number of anilines is 2. The van der Waals surface area contributed by atoms with Gasteiger partial charge in [0.25, 0.3) is 11.8 Å². The van der Waals surface area contributed by atoms with E-state index in [4.69, 9.17) is 9.47 Å². The number of pyridine rings is 1. The fourth-order valence-electron chi connectivity index (χ4n) is 3.59. The first kappa shape index (κ1) is 24.9. The minimum atomic E-state index is -0.550. The number of benzene rings is 3. The molecule has 37 heavy (non-hydrogen) atoms. The lowest BCUT2D eigenvalue weighted by molar-refractivity contribution is -0.118. The fraction of sp³-hybridized carbons (Fsp3) is 0.103. The number of fused-ring (bicyclic) bond motifs is 1. The molecule has 0 bridgehead atoms. The minimum Gasteiger partial charge on any atom is -0.493 e. The number of carbonyl (C=O) groups is 2. The quantitative estimate of drug-likeness (QED) is 0.261.